The first-order chi connectivity index (χ1) is 18.8. The van der Waals surface area contributed by atoms with Crippen molar-refractivity contribution in [2.45, 2.75) is 6.61 Å². The number of carbonyl (C=O) groups excluding carboxylic acids is 2. The molecule has 0 unspecified atom stereocenters. The van der Waals surface area contributed by atoms with Crippen LogP contribution in [0, 0.1) is 0 Å². The van der Waals surface area contributed by atoms with E-state index in [9.17, 15) is 9.59 Å². The standard InChI is InChI=1S/C30H22BrClN2O4S/c1-37-28(35)17-33-26(29(36)34(30(33)39)24-11-9-23(32)10-12-24)16-19-7-13-27(25(31)15-19)38-18-20-6-8-21-4-2-3-5-22(21)14-20/h2-16H,17-18H2,1H3/b26-16-. The van der Waals surface area contributed by atoms with Gasteiger partial charge in [-0.1, -0.05) is 54.1 Å². The van der Waals surface area contributed by atoms with E-state index in [1.165, 1.54) is 22.3 Å². The molecule has 1 aliphatic heterocycles. The minimum Gasteiger partial charge on any atom is -0.488 e. The highest BCUT2D eigenvalue weighted by Gasteiger charge is 2.40. The van der Waals surface area contributed by atoms with E-state index in [0.717, 1.165) is 21.0 Å². The van der Waals surface area contributed by atoms with Gasteiger partial charge in [0.15, 0.2) is 5.11 Å². The van der Waals surface area contributed by atoms with Crippen LogP contribution in [0.4, 0.5) is 5.69 Å². The summed E-state index contributed by atoms with van der Waals surface area (Å²) in [7, 11) is 1.29. The predicted octanol–water partition coefficient (Wildman–Crippen LogP) is 6.98. The summed E-state index contributed by atoms with van der Waals surface area (Å²) in [6, 6.07) is 26.7. The summed E-state index contributed by atoms with van der Waals surface area (Å²) in [5.41, 5.74) is 2.57. The Hall–Kier alpha value is -3.72. The van der Waals surface area contributed by atoms with E-state index in [0.29, 0.717) is 23.1 Å². The molecule has 0 N–H and O–H groups in total. The van der Waals surface area contributed by atoms with Crippen molar-refractivity contribution in [1.82, 2.24) is 4.90 Å². The molecule has 0 saturated carbocycles. The van der Waals surface area contributed by atoms with Crippen molar-refractivity contribution in [2.24, 2.45) is 0 Å². The number of thiocarbonyl (C=S) groups is 1. The molecule has 6 nitrogen and oxygen atoms in total. The number of ether oxygens (including phenoxy) is 2. The molecule has 1 aliphatic rings. The van der Waals surface area contributed by atoms with Crippen LogP contribution in [0.25, 0.3) is 16.8 Å². The highest BCUT2D eigenvalue weighted by Crippen LogP contribution is 2.32. The van der Waals surface area contributed by atoms with E-state index in [-0.39, 0.29) is 23.3 Å². The second-order valence-electron chi connectivity index (χ2n) is 8.75. The van der Waals surface area contributed by atoms with Crippen LogP contribution in [0.3, 0.4) is 0 Å². The summed E-state index contributed by atoms with van der Waals surface area (Å²) >= 11 is 15.2. The molecule has 1 fully saturated rings. The van der Waals surface area contributed by atoms with Crippen LogP contribution in [0.15, 0.2) is 95.1 Å². The second kappa shape index (κ2) is 11.6. The van der Waals surface area contributed by atoms with Crippen LogP contribution in [0.2, 0.25) is 5.02 Å². The van der Waals surface area contributed by atoms with Gasteiger partial charge >= 0.3 is 5.97 Å². The smallest absolute Gasteiger partial charge is 0.325 e. The van der Waals surface area contributed by atoms with Gasteiger partial charge in [0.2, 0.25) is 0 Å². The summed E-state index contributed by atoms with van der Waals surface area (Å²) in [4.78, 5) is 28.5. The number of carbonyl (C=O) groups is 2. The first-order valence-electron chi connectivity index (χ1n) is 11.9. The Kier molecular flexibility index (Phi) is 7.97. The predicted molar refractivity (Wildman–Crippen MR) is 161 cm³/mol. The lowest BCUT2D eigenvalue weighted by Crippen LogP contribution is -2.35. The molecule has 0 spiro atoms. The van der Waals surface area contributed by atoms with Crippen LogP contribution in [-0.2, 0) is 20.9 Å². The first kappa shape index (κ1) is 26.9. The van der Waals surface area contributed by atoms with E-state index < -0.39 is 5.97 Å². The molecule has 5 rings (SSSR count). The summed E-state index contributed by atoms with van der Waals surface area (Å²) in [5.74, 6) is -0.223. The molecular formula is C30H22BrClN2O4S. The average molecular weight is 622 g/mol. The summed E-state index contributed by atoms with van der Waals surface area (Å²) in [6.45, 7) is 0.199. The molecule has 39 heavy (non-hydrogen) atoms. The average Bonchev–Trinajstić information content (AvgIpc) is 3.16. The maximum Gasteiger partial charge on any atom is 0.325 e. The summed E-state index contributed by atoms with van der Waals surface area (Å²) in [5, 5.41) is 3.04. The van der Waals surface area contributed by atoms with Gasteiger partial charge in [0.1, 0.15) is 24.6 Å². The maximum absolute atomic E-state index is 13.5. The number of amides is 1. The molecule has 1 amide bonds. The number of benzene rings is 4. The van der Waals surface area contributed by atoms with Crippen molar-refractivity contribution in [3.8, 4) is 5.75 Å². The number of anilines is 1. The third-order valence-corrected chi connectivity index (χ3v) is 7.48. The van der Waals surface area contributed by atoms with Gasteiger partial charge in [-0.3, -0.25) is 14.5 Å². The number of halogens is 2. The molecule has 0 atom stereocenters. The third kappa shape index (κ3) is 5.83. The van der Waals surface area contributed by atoms with Crippen LogP contribution in [-0.4, -0.2) is 35.5 Å². The first-order valence-corrected chi connectivity index (χ1v) is 13.5. The number of esters is 1. The normalized spacial score (nSPS) is 14.4. The lowest BCUT2D eigenvalue weighted by Gasteiger charge is -2.19. The van der Waals surface area contributed by atoms with Crippen LogP contribution in [0.1, 0.15) is 11.1 Å². The molecule has 0 aliphatic carbocycles. The van der Waals surface area contributed by atoms with Crippen molar-refractivity contribution >= 4 is 79.3 Å². The molecular weight excluding hydrogens is 600 g/mol. The number of fused-ring (bicyclic) bond motifs is 1. The van der Waals surface area contributed by atoms with E-state index in [1.807, 2.05) is 36.4 Å². The molecule has 1 heterocycles. The van der Waals surface area contributed by atoms with Crippen molar-refractivity contribution in [3.05, 3.63) is 111 Å². The molecule has 4 aromatic rings. The minimum absolute atomic E-state index is 0.174. The van der Waals surface area contributed by atoms with E-state index in [2.05, 4.69) is 40.2 Å². The van der Waals surface area contributed by atoms with Gasteiger partial charge in [-0.2, -0.15) is 0 Å². The van der Waals surface area contributed by atoms with E-state index >= 15 is 0 Å². The monoisotopic (exact) mass is 620 g/mol. The molecule has 0 aromatic heterocycles. The Morgan fingerprint density at radius 2 is 1.74 bits per heavy atom. The third-order valence-electron chi connectivity index (χ3n) is 6.20. The fourth-order valence-corrected chi connectivity index (χ4v) is 5.20. The maximum atomic E-state index is 13.5. The Morgan fingerprint density at radius 3 is 2.46 bits per heavy atom. The van der Waals surface area contributed by atoms with Gasteiger partial charge in [0.25, 0.3) is 5.91 Å². The molecule has 4 aromatic carbocycles. The molecule has 0 radical (unpaired) electrons. The molecule has 196 valence electrons. The number of rotatable bonds is 7. The lowest BCUT2D eigenvalue weighted by atomic mass is 10.1. The van der Waals surface area contributed by atoms with Gasteiger partial charge < -0.3 is 14.4 Å². The fourth-order valence-electron chi connectivity index (χ4n) is 4.22. The van der Waals surface area contributed by atoms with Crippen LogP contribution < -0.4 is 9.64 Å². The molecule has 1 saturated heterocycles. The van der Waals surface area contributed by atoms with Gasteiger partial charge in [0, 0.05) is 5.02 Å². The highest BCUT2D eigenvalue weighted by atomic mass is 79.9. The Morgan fingerprint density at radius 1 is 1.00 bits per heavy atom. The number of nitrogens with zero attached hydrogens (tertiary/aromatic N) is 2. The van der Waals surface area contributed by atoms with Gasteiger partial charge in [0.05, 0.1) is 17.3 Å². The van der Waals surface area contributed by atoms with E-state index in [1.54, 1.807) is 30.3 Å². The number of hydrogen-bond acceptors (Lipinski definition) is 5. The molecule has 0 bridgehead atoms. The van der Waals surface area contributed by atoms with Crippen molar-refractivity contribution in [2.75, 3.05) is 18.6 Å². The van der Waals surface area contributed by atoms with Gasteiger partial charge in [-0.05, 0) is 98.6 Å². The van der Waals surface area contributed by atoms with Crippen LogP contribution in [0.5, 0.6) is 5.75 Å². The number of hydrogen-bond donors (Lipinski definition) is 0. The summed E-state index contributed by atoms with van der Waals surface area (Å²) in [6.07, 6.45) is 1.69. The Labute approximate surface area is 244 Å². The second-order valence-corrected chi connectivity index (χ2v) is 10.4. The largest absolute Gasteiger partial charge is 0.488 e. The molecule has 9 heteroatoms. The van der Waals surface area contributed by atoms with Crippen molar-refractivity contribution < 1.29 is 19.1 Å². The zero-order valence-electron chi connectivity index (χ0n) is 20.8. The van der Waals surface area contributed by atoms with Gasteiger partial charge in [-0.15, -0.1) is 0 Å². The zero-order chi connectivity index (χ0) is 27.5. The van der Waals surface area contributed by atoms with Gasteiger partial charge in [-0.25, -0.2) is 0 Å². The SMILES string of the molecule is COC(=O)CN1C(=S)N(c2ccc(Cl)cc2)C(=O)/C1=C/c1ccc(OCc2ccc3ccccc3c2)c(Br)c1. The van der Waals surface area contributed by atoms with Crippen molar-refractivity contribution in [3.63, 3.8) is 0 Å². The zero-order valence-corrected chi connectivity index (χ0v) is 23.9. The van der Waals surface area contributed by atoms with Crippen molar-refractivity contribution in [1.29, 1.82) is 0 Å². The minimum atomic E-state index is -0.521. The van der Waals surface area contributed by atoms with E-state index in [4.69, 9.17) is 33.3 Å². The fraction of sp³-hybridized carbons (Fsp3) is 0.100. The topological polar surface area (TPSA) is 59.1 Å². The quantitative estimate of drug-likeness (QED) is 0.126. The highest BCUT2D eigenvalue weighted by molar-refractivity contribution is 9.10. The Balaban J connectivity index is 1.39. The Bertz CT molecular complexity index is 1620. The number of methoxy groups -OCH3 is 1. The summed E-state index contributed by atoms with van der Waals surface area (Å²) < 4.78 is 11.6. The van der Waals surface area contributed by atoms with Crippen LogP contribution >= 0.6 is 39.7 Å². The lowest BCUT2D eigenvalue weighted by molar-refractivity contribution is -0.140.